The molecule has 0 spiro atoms. The van der Waals surface area contributed by atoms with Gasteiger partial charge < -0.3 is 9.64 Å². The number of carbonyl (C=O) groups is 1. The predicted molar refractivity (Wildman–Crippen MR) is 146 cm³/mol. The summed E-state index contributed by atoms with van der Waals surface area (Å²) in [6.45, 7) is 4.90. The summed E-state index contributed by atoms with van der Waals surface area (Å²) in [4.78, 5) is 22.5. The van der Waals surface area contributed by atoms with Crippen molar-refractivity contribution in [3.05, 3.63) is 47.5 Å². The zero-order valence-electron chi connectivity index (χ0n) is 22.4. The average molecular weight is 573 g/mol. The number of rotatable bonds is 7. The number of amides is 1. The molecule has 0 atom stereocenters. The van der Waals surface area contributed by atoms with Crippen LogP contribution >= 0.6 is 0 Å². The second-order valence-electron chi connectivity index (χ2n) is 10.5. The molecule has 11 nitrogen and oxygen atoms in total. The monoisotopic (exact) mass is 572 g/mol. The summed E-state index contributed by atoms with van der Waals surface area (Å²) in [5.41, 5.74) is 2.67. The SMILES string of the molecule is COS(=O)(=O)NC(=O)c1cc(N2CCC(N3CCOCC3)CC2)c2c(C3CCC3)nn(-c3ccc(F)cc3)c2n1. The highest BCUT2D eigenvalue weighted by molar-refractivity contribution is 7.85. The van der Waals surface area contributed by atoms with E-state index < -0.39 is 16.2 Å². The van der Waals surface area contributed by atoms with Crippen molar-refractivity contribution in [3.63, 3.8) is 0 Å². The summed E-state index contributed by atoms with van der Waals surface area (Å²) in [7, 11) is -3.30. The molecule has 3 aliphatic rings. The molecule has 6 rings (SSSR count). The number of piperidine rings is 1. The Hall–Kier alpha value is -3.13. The molecule has 0 unspecified atom stereocenters. The molecule has 0 radical (unpaired) electrons. The number of pyridine rings is 1. The summed E-state index contributed by atoms with van der Waals surface area (Å²) in [6.07, 6.45) is 5.02. The number of nitrogens with zero attached hydrogens (tertiary/aromatic N) is 5. The van der Waals surface area contributed by atoms with E-state index in [1.807, 2.05) is 4.72 Å². The van der Waals surface area contributed by atoms with E-state index in [2.05, 4.69) is 19.0 Å². The minimum Gasteiger partial charge on any atom is -0.379 e. The molecular weight excluding hydrogens is 539 g/mol. The van der Waals surface area contributed by atoms with Crippen molar-refractivity contribution in [2.75, 3.05) is 51.4 Å². The highest BCUT2D eigenvalue weighted by Gasteiger charge is 2.33. The topological polar surface area (TPSA) is 119 Å². The molecular formula is C27H33FN6O5S. The molecule has 13 heteroatoms. The van der Waals surface area contributed by atoms with Gasteiger partial charge in [0, 0.05) is 38.1 Å². The fourth-order valence-corrected chi connectivity index (χ4v) is 6.26. The number of hydrogen-bond donors (Lipinski definition) is 1. The zero-order valence-corrected chi connectivity index (χ0v) is 23.2. The van der Waals surface area contributed by atoms with Crippen LogP contribution in [0.2, 0.25) is 0 Å². The molecule has 2 aliphatic heterocycles. The second kappa shape index (κ2) is 11.0. The number of aromatic nitrogens is 3. The Kier molecular flexibility index (Phi) is 7.46. The van der Waals surface area contributed by atoms with Crippen LogP contribution in [-0.2, 0) is 19.2 Å². The molecule has 3 aromatic rings. The molecule has 1 amide bonds. The lowest BCUT2D eigenvalue weighted by Gasteiger charge is -2.41. The summed E-state index contributed by atoms with van der Waals surface area (Å²) in [5, 5.41) is 5.81. The van der Waals surface area contributed by atoms with Crippen LogP contribution < -0.4 is 9.62 Å². The number of ether oxygens (including phenoxy) is 1. The van der Waals surface area contributed by atoms with Crippen LogP contribution in [0.1, 0.15) is 54.2 Å². The van der Waals surface area contributed by atoms with Crippen molar-refractivity contribution in [1.29, 1.82) is 0 Å². The molecule has 1 saturated carbocycles. The molecule has 3 fully saturated rings. The Labute approximate surface area is 232 Å². The Bertz CT molecular complexity index is 1490. The second-order valence-corrected chi connectivity index (χ2v) is 12.0. The van der Waals surface area contributed by atoms with E-state index in [9.17, 15) is 17.6 Å². The first-order valence-corrected chi connectivity index (χ1v) is 15.1. The smallest absolute Gasteiger partial charge is 0.362 e. The molecule has 4 heterocycles. The maximum atomic E-state index is 13.8. The quantitative estimate of drug-likeness (QED) is 0.456. The van der Waals surface area contributed by atoms with Gasteiger partial charge in [-0.1, -0.05) is 6.42 Å². The minimum atomic E-state index is -4.28. The van der Waals surface area contributed by atoms with E-state index in [-0.39, 0.29) is 17.4 Å². The van der Waals surface area contributed by atoms with Gasteiger partial charge in [0.05, 0.1) is 42.8 Å². The zero-order chi connectivity index (χ0) is 27.9. The third-order valence-corrected chi connectivity index (χ3v) is 9.12. The van der Waals surface area contributed by atoms with Crippen LogP contribution in [0.15, 0.2) is 30.3 Å². The first kappa shape index (κ1) is 27.1. The lowest BCUT2D eigenvalue weighted by atomic mass is 9.82. The van der Waals surface area contributed by atoms with Crippen molar-refractivity contribution >= 4 is 32.9 Å². The van der Waals surface area contributed by atoms with Gasteiger partial charge in [0.15, 0.2) is 5.65 Å². The van der Waals surface area contributed by atoms with Gasteiger partial charge in [-0.3, -0.25) is 13.9 Å². The van der Waals surface area contributed by atoms with Gasteiger partial charge in [-0.05, 0) is 56.0 Å². The third kappa shape index (κ3) is 5.30. The van der Waals surface area contributed by atoms with Gasteiger partial charge in [0.2, 0.25) is 0 Å². The number of hydrogen-bond acceptors (Lipinski definition) is 9. The van der Waals surface area contributed by atoms with Crippen molar-refractivity contribution in [2.45, 2.75) is 44.1 Å². The third-order valence-electron chi connectivity index (χ3n) is 8.24. The van der Waals surface area contributed by atoms with Gasteiger partial charge >= 0.3 is 10.3 Å². The predicted octanol–water partition coefficient (Wildman–Crippen LogP) is 2.75. The first-order valence-electron chi connectivity index (χ1n) is 13.7. The molecule has 1 aliphatic carbocycles. The van der Waals surface area contributed by atoms with Crippen molar-refractivity contribution in [3.8, 4) is 5.69 Å². The van der Waals surface area contributed by atoms with Crippen LogP contribution in [0.3, 0.4) is 0 Å². The molecule has 1 aromatic carbocycles. The number of carbonyl (C=O) groups excluding carboxylic acids is 1. The molecule has 1 N–H and O–H groups in total. The van der Waals surface area contributed by atoms with Crippen molar-refractivity contribution < 1.29 is 26.5 Å². The maximum Gasteiger partial charge on any atom is 0.362 e. The molecule has 40 heavy (non-hydrogen) atoms. The summed E-state index contributed by atoms with van der Waals surface area (Å²) in [6, 6.07) is 8.06. The van der Waals surface area contributed by atoms with Crippen LogP contribution in [0, 0.1) is 5.82 Å². The normalized spacial score (nSPS) is 19.6. The Morgan fingerprint density at radius 3 is 2.40 bits per heavy atom. The van der Waals surface area contributed by atoms with E-state index in [0.29, 0.717) is 17.4 Å². The number of anilines is 1. The van der Waals surface area contributed by atoms with Crippen LogP contribution in [0.5, 0.6) is 0 Å². The summed E-state index contributed by atoms with van der Waals surface area (Å²) < 4.78 is 51.3. The summed E-state index contributed by atoms with van der Waals surface area (Å²) in [5.74, 6) is -1.02. The lowest BCUT2D eigenvalue weighted by Crippen LogP contribution is -2.49. The molecule has 0 bridgehead atoms. The first-order chi connectivity index (χ1) is 19.3. The van der Waals surface area contributed by atoms with Gasteiger partial charge in [-0.2, -0.15) is 13.5 Å². The average Bonchev–Trinajstić information content (AvgIpc) is 3.31. The van der Waals surface area contributed by atoms with Crippen LogP contribution in [-0.4, -0.2) is 86.5 Å². The standard InChI is InChI=1S/C27H33FN6O5S/c1-38-40(36,37)31-27(35)22-17-23(33-11-9-20(10-12-33)32-13-15-39-16-14-32)24-25(18-3-2-4-18)30-34(26(24)29-22)21-7-5-19(28)6-8-21/h5-8,17-18,20H,2-4,9-16H2,1H3,(H,31,35). The minimum absolute atomic E-state index is 0.0677. The van der Waals surface area contributed by atoms with E-state index in [1.165, 1.54) is 12.1 Å². The Balaban J connectivity index is 1.44. The van der Waals surface area contributed by atoms with Gasteiger partial charge in [0.25, 0.3) is 5.91 Å². The fraction of sp³-hybridized carbons (Fsp3) is 0.519. The number of benzene rings is 1. The van der Waals surface area contributed by atoms with E-state index in [1.54, 1.807) is 22.9 Å². The molecule has 214 valence electrons. The lowest BCUT2D eigenvalue weighted by molar-refractivity contribution is 0.0115. The van der Waals surface area contributed by atoms with Crippen LogP contribution in [0.4, 0.5) is 10.1 Å². The van der Waals surface area contributed by atoms with Gasteiger partial charge in [-0.25, -0.2) is 18.8 Å². The van der Waals surface area contributed by atoms with Gasteiger partial charge in [0.1, 0.15) is 11.5 Å². The Morgan fingerprint density at radius 1 is 1.07 bits per heavy atom. The van der Waals surface area contributed by atoms with E-state index >= 15 is 0 Å². The van der Waals surface area contributed by atoms with Gasteiger partial charge in [-0.15, -0.1) is 0 Å². The number of halogens is 1. The molecule has 2 saturated heterocycles. The number of fused-ring (bicyclic) bond motifs is 1. The summed E-state index contributed by atoms with van der Waals surface area (Å²) >= 11 is 0. The highest BCUT2D eigenvalue weighted by atomic mass is 32.2. The van der Waals surface area contributed by atoms with Crippen LogP contribution in [0.25, 0.3) is 16.7 Å². The highest BCUT2D eigenvalue weighted by Crippen LogP contribution is 2.43. The van der Waals surface area contributed by atoms with E-state index in [0.717, 1.165) is 95.4 Å². The maximum absolute atomic E-state index is 13.8. The fourth-order valence-electron chi connectivity index (χ4n) is 5.84. The van der Waals surface area contributed by atoms with Crippen molar-refractivity contribution in [1.82, 2.24) is 24.4 Å². The van der Waals surface area contributed by atoms with E-state index in [4.69, 9.17) is 9.84 Å². The molecule has 2 aromatic heterocycles. The number of nitrogens with one attached hydrogen (secondary N) is 1. The van der Waals surface area contributed by atoms with Crippen molar-refractivity contribution in [2.24, 2.45) is 0 Å². The number of morpholine rings is 1. The largest absolute Gasteiger partial charge is 0.379 e. The Morgan fingerprint density at radius 2 is 1.77 bits per heavy atom.